The van der Waals surface area contributed by atoms with Crippen LogP contribution < -0.4 is 10.6 Å². The van der Waals surface area contributed by atoms with E-state index in [0.29, 0.717) is 18.7 Å². The second kappa shape index (κ2) is 7.43. The van der Waals surface area contributed by atoms with Gasteiger partial charge in [-0.3, -0.25) is 0 Å². The molecule has 11 heteroatoms. The Hall–Kier alpha value is -2.87. The van der Waals surface area contributed by atoms with Gasteiger partial charge in [-0.25, -0.2) is 9.83 Å². The highest BCUT2D eigenvalue weighted by Crippen LogP contribution is 2.44. The van der Waals surface area contributed by atoms with Gasteiger partial charge in [0.15, 0.2) is 0 Å². The summed E-state index contributed by atoms with van der Waals surface area (Å²) in [6.07, 6.45) is -1.58. The van der Waals surface area contributed by atoms with Gasteiger partial charge in [0, 0.05) is 12.6 Å². The van der Waals surface area contributed by atoms with E-state index in [1.807, 2.05) is 0 Å². The lowest BCUT2D eigenvalue weighted by Gasteiger charge is -2.29. The van der Waals surface area contributed by atoms with Crippen LogP contribution in [0.4, 0.5) is 30.4 Å². The van der Waals surface area contributed by atoms with Gasteiger partial charge >= 0.3 is 6.18 Å². The Bertz CT molecular complexity index is 986. The molecular weight excluding hydrogens is 401 g/mol. The molecule has 8 nitrogen and oxygen atoms in total. The fraction of sp³-hybridized carbons (Fsp3) is 0.579. The molecule has 2 aromatic rings. The number of fused-ring (bicyclic) bond motifs is 7. The van der Waals surface area contributed by atoms with E-state index >= 15 is 0 Å². The minimum absolute atomic E-state index is 0.00313. The van der Waals surface area contributed by atoms with Gasteiger partial charge in [-0.15, -0.1) is 10.2 Å². The molecule has 4 bridgehead atoms. The maximum absolute atomic E-state index is 13.7. The van der Waals surface area contributed by atoms with E-state index in [0.717, 1.165) is 25.8 Å². The molecule has 0 saturated carbocycles. The van der Waals surface area contributed by atoms with E-state index < -0.39 is 24.1 Å². The Morgan fingerprint density at radius 3 is 2.73 bits per heavy atom. The van der Waals surface area contributed by atoms with E-state index in [2.05, 4.69) is 24.9 Å². The van der Waals surface area contributed by atoms with Crippen molar-refractivity contribution in [3.8, 4) is 11.6 Å². The maximum atomic E-state index is 13.7. The molecule has 4 heterocycles. The lowest BCUT2D eigenvalue weighted by atomic mass is 9.94. The lowest BCUT2D eigenvalue weighted by Crippen LogP contribution is -2.42. The first kappa shape index (κ1) is 20.4. The molecule has 2 aliphatic heterocycles. The molecule has 0 aliphatic carbocycles. The number of hydrogen-bond donors (Lipinski definition) is 2. The average Bonchev–Trinajstić information content (AvgIpc) is 3.35. The summed E-state index contributed by atoms with van der Waals surface area (Å²) in [6.45, 7) is 8.21. The van der Waals surface area contributed by atoms with Crippen LogP contribution in [0, 0.1) is 6.57 Å². The number of halogens is 3. The number of hydrogen-bond acceptors (Lipinski definition) is 7. The van der Waals surface area contributed by atoms with Crippen LogP contribution in [0.3, 0.4) is 0 Å². The standard InChI is InChI=1S/C19H21F3N6O2/c1-24-13-10-12(23)14-16-26-27-17(30-16)18(29,19(20,21)22)8-4-2-3-6-11-7-5-9-28(11)15(13)25-14/h10-11,29H,2-9,23H2/t11-,18?/m1/s1. The SMILES string of the molecule is [C-]#[N+]c1cc(N)c2nc1N1CCC[C@H]1CCCCCC(O)(C(F)(F)F)c1nnc-2o1. The summed E-state index contributed by atoms with van der Waals surface area (Å²) in [4.78, 5) is 10.0. The van der Waals surface area contributed by atoms with Gasteiger partial charge in [0.1, 0.15) is 11.5 Å². The molecule has 160 valence electrons. The largest absolute Gasteiger partial charge is 0.426 e. The quantitative estimate of drug-likeness (QED) is 0.619. The van der Waals surface area contributed by atoms with Crippen LogP contribution in [-0.4, -0.2) is 39.1 Å². The summed E-state index contributed by atoms with van der Waals surface area (Å²) in [7, 11) is 0. The number of nitrogen functional groups attached to an aromatic ring is 1. The monoisotopic (exact) mass is 422 g/mol. The third kappa shape index (κ3) is 3.35. The van der Waals surface area contributed by atoms with E-state index in [-0.39, 0.29) is 35.4 Å². The van der Waals surface area contributed by atoms with E-state index in [4.69, 9.17) is 16.7 Å². The number of rotatable bonds is 0. The van der Waals surface area contributed by atoms with Crippen LogP contribution in [0.2, 0.25) is 0 Å². The van der Waals surface area contributed by atoms with Gasteiger partial charge in [0.25, 0.3) is 11.8 Å². The molecular formula is C19H21F3N6O2. The van der Waals surface area contributed by atoms with E-state index in [9.17, 15) is 18.3 Å². The molecule has 0 amide bonds. The van der Waals surface area contributed by atoms with Crippen molar-refractivity contribution in [3.63, 3.8) is 0 Å². The number of aromatic nitrogens is 3. The van der Waals surface area contributed by atoms with Crippen molar-refractivity contribution in [2.75, 3.05) is 17.2 Å². The van der Waals surface area contributed by atoms with Crippen molar-refractivity contribution < 1.29 is 22.7 Å². The number of aliphatic hydroxyl groups is 1. The molecule has 2 aliphatic rings. The number of anilines is 2. The minimum atomic E-state index is -4.98. The van der Waals surface area contributed by atoms with Crippen molar-refractivity contribution in [1.82, 2.24) is 15.2 Å². The Morgan fingerprint density at radius 1 is 1.23 bits per heavy atom. The smallest absolute Gasteiger partial charge is 0.416 e. The Labute approximate surface area is 170 Å². The zero-order valence-electron chi connectivity index (χ0n) is 16.1. The van der Waals surface area contributed by atoms with Crippen molar-refractivity contribution in [2.45, 2.75) is 62.8 Å². The molecule has 2 aromatic heterocycles. The highest BCUT2D eigenvalue weighted by atomic mass is 19.4. The highest BCUT2D eigenvalue weighted by Gasteiger charge is 2.58. The van der Waals surface area contributed by atoms with E-state index in [1.54, 1.807) is 0 Å². The first-order valence-corrected chi connectivity index (χ1v) is 9.82. The molecule has 1 saturated heterocycles. The minimum Gasteiger partial charge on any atom is -0.416 e. The average molecular weight is 422 g/mol. The maximum Gasteiger partial charge on any atom is 0.426 e. The lowest BCUT2D eigenvalue weighted by molar-refractivity contribution is -0.277. The molecule has 4 rings (SSSR count). The topological polar surface area (TPSA) is 106 Å². The molecule has 30 heavy (non-hydrogen) atoms. The molecule has 2 atom stereocenters. The third-order valence-electron chi connectivity index (χ3n) is 5.81. The molecule has 3 N–H and O–H groups in total. The van der Waals surface area contributed by atoms with Crippen LogP contribution in [-0.2, 0) is 5.60 Å². The first-order valence-electron chi connectivity index (χ1n) is 9.82. The highest BCUT2D eigenvalue weighted by molar-refractivity contribution is 5.79. The molecule has 0 aromatic carbocycles. The summed E-state index contributed by atoms with van der Waals surface area (Å²) >= 11 is 0. The Kier molecular flexibility index (Phi) is 5.05. The number of pyridine rings is 1. The number of nitrogens with two attached hydrogens (primary N) is 1. The fourth-order valence-electron chi connectivity index (χ4n) is 4.18. The van der Waals surface area contributed by atoms with Gasteiger partial charge in [-0.05, 0) is 38.2 Å². The summed E-state index contributed by atoms with van der Waals surface area (Å²) in [5, 5.41) is 17.6. The third-order valence-corrected chi connectivity index (χ3v) is 5.81. The predicted octanol–water partition coefficient (Wildman–Crippen LogP) is 3.95. The normalized spacial score (nSPS) is 24.8. The van der Waals surface area contributed by atoms with Gasteiger partial charge in [-0.1, -0.05) is 12.8 Å². The Balaban J connectivity index is 1.87. The summed E-state index contributed by atoms with van der Waals surface area (Å²) in [6, 6.07) is 1.56. The fourth-order valence-corrected chi connectivity index (χ4v) is 4.18. The summed E-state index contributed by atoms with van der Waals surface area (Å²) in [5.41, 5.74) is 3.07. The van der Waals surface area contributed by atoms with Gasteiger partial charge in [-0.2, -0.15) is 13.2 Å². The van der Waals surface area contributed by atoms with Gasteiger partial charge in [0.2, 0.25) is 11.3 Å². The van der Waals surface area contributed by atoms with Crippen LogP contribution in [0.5, 0.6) is 0 Å². The van der Waals surface area contributed by atoms with Crippen LogP contribution in [0.1, 0.15) is 50.8 Å². The van der Waals surface area contributed by atoms with Gasteiger partial charge in [0.05, 0.1) is 12.3 Å². The zero-order chi connectivity index (χ0) is 21.5. The Morgan fingerprint density at radius 2 is 2.00 bits per heavy atom. The van der Waals surface area contributed by atoms with Crippen molar-refractivity contribution in [3.05, 3.63) is 23.4 Å². The second-order valence-corrected chi connectivity index (χ2v) is 7.74. The van der Waals surface area contributed by atoms with Crippen LogP contribution >= 0.6 is 0 Å². The van der Waals surface area contributed by atoms with Crippen molar-refractivity contribution in [1.29, 1.82) is 0 Å². The summed E-state index contributed by atoms with van der Waals surface area (Å²) in [5.74, 6) is -0.839. The number of alkyl halides is 3. The predicted molar refractivity (Wildman–Crippen MR) is 102 cm³/mol. The van der Waals surface area contributed by atoms with E-state index in [1.165, 1.54) is 6.07 Å². The molecule has 1 unspecified atom stereocenters. The molecule has 0 spiro atoms. The first-order chi connectivity index (χ1) is 14.2. The number of nitrogens with zero attached hydrogens (tertiary/aromatic N) is 5. The van der Waals surface area contributed by atoms with Crippen molar-refractivity contribution in [2.24, 2.45) is 0 Å². The second-order valence-electron chi connectivity index (χ2n) is 7.74. The van der Waals surface area contributed by atoms with Gasteiger partial charge < -0.3 is 20.2 Å². The van der Waals surface area contributed by atoms with Crippen LogP contribution in [0.15, 0.2) is 10.5 Å². The van der Waals surface area contributed by atoms with Crippen LogP contribution in [0.25, 0.3) is 16.4 Å². The zero-order valence-corrected chi connectivity index (χ0v) is 16.1. The van der Waals surface area contributed by atoms with Crippen molar-refractivity contribution >= 4 is 17.2 Å². The molecule has 0 radical (unpaired) electrons. The molecule has 1 fully saturated rings. The summed E-state index contributed by atoms with van der Waals surface area (Å²) < 4.78 is 46.3.